The maximum Gasteiger partial charge on any atom is 0.226 e. The number of nitrogens with one attached hydrogen (secondary N) is 1. The number of rotatable bonds is 2. The average Bonchev–Trinajstić information content (AvgIpc) is 2.86. The van der Waals surface area contributed by atoms with Gasteiger partial charge in [0, 0.05) is 25.0 Å². The third kappa shape index (κ3) is 2.39. The summed E-state index contributed by atoms with van der Waals surface area (Å²) >= 11 is 0. The molecule has 2 atom stereocenters. The van der Waals surface area contributed by atoms with Gasteiger partial charge in [0.2, 0.25) is 5.91 Å². The van der Waals surface area contributed by atoms with Gasteiger partial charge in [-0.15, -0.1) is 12.4 Å². The van der Waals surface area contributed by atoms with Gasteiger partial charge < -0.3 is 10.2 Å². The lowest BCUT2D eigenvalue weighted by molar-refractivity contribution is -0.134. The molecule has 3 aliphatic rings. The number of likely N-dealkylation sites (N-methyl/N-ethyl adjacent to an activating group) is 1. The number of carbonyl (C=O) groups is 1. The average molecular weight is 273 g/mol. The van der Waals surface area contributed by atoms with Crippen molar-refractivity contribution in [1.29, 1.82) is 0 Å². The number of amides is 1. The van der Waals surface area contributed by atoms with E-state index in [1.807, 2.05) is 7.05 Å². The van der Waals surface area contributed by atoms with Crippen molar-refractivity contribution in [2.45, 2.75) is 51.0 Å². The summed E-state index contributed by atoms with van der Waals surface area (Å²) in [5.41, 5.74) is 0.462. The molecule has 1 spiro atoms. The van der Waals surface area contributed by atoms with Gasteiger partial charge in [-0.2, -0.15) is 0 Å². The maximum atomic E-state index is 12.5. The monoisotopic (exact) mass is 272 g/mol. The van der Waals surface area contributed by atoms with E-state index in [9.17, 15) is 4.79 Å². The second kappa shape index (κ2) is 5.38. The van der Waals surface area contributed by atoms with Gasteiger partial charge in [-0.25, -0.2) is 0 Å². The topological polar surface area (TPSA) is 32.3 Å². The highest BCUT2D eigenvalue weighted by molar-refractivity contribution is 5.85. The van der Waals surface area contributed by atoms with Crippen LogP contribution in [0.4, 0.5) is 0 Å². The maximum absolute atomic E-state index is 12.5. The summed E-state index contributed by atoms with van der Waals surface area (Å²) in [6.07, 6.45) is 8.89. The molecule has 3 rings (SSSR count). The van der Waals surface area contributed by atoms with Crippen LogP contribution in [0, 0.1) is 11.3 Å². The molecule has 2 unspecified atom stereocenters. The second-order valence-electron chi connectivity index (χ2n) is 6.24. The van der Waals surface area contributed by atoms with Crippen molar-refractivity contribution in [2.75, 3.05) is 20.1 Å². The van der Waals surface area contributed by atoms with Crippen molar-refractivity contribution in [3.63, 3.8) is 0 Å². The highest BCUT2D eigenvalue weighted by atomic mass is 35.5. The van der Waals surface area contributed by atoms with Crippen molar-refractivity contribution in [3.8, 4) is 0 Å². The van der Waals surface area contributed by atoms with Gasteiger partial charge in [0.15, 0.2) is 0 Å². The molecule has 0 aromatic rings. The van der Waals surface area contributed by atoms with Crippen LogP contribution in [0.25, 0.3) is 0 Å². The van der Waals surface area contributed by atoms with Crippen LogP contribution in [0.5, 0.6) is 0 Å². The first-order valence-corrected chi connectivity index (χ1v) is 7.21. The first kappa shape index (κ1) is 14.1. The first-order valence-electron chi connectivity index (χ1n) is 7.21. The second-order valence-corrected chi connectivity index (χ2v) is 6.24. The minimum atomic E-state index is 0. The summed E-state index contributed by atoms with van der Waals surface area (Å²) in [5, 5.41) is 3.32. The molecule has 2 saturated carbocycles. The van der Waals surface area contributed by atoms with Gasteiger partial charge in [-0.3, -0.25) is 4.79 Å². The Bertz CT molecular complexity index is 315. The van der Waals surface area contributed by atoms with Crippen molar-refractivity contribution >= 4 is 18.3 Å². The highest BCUT2D eigenvalue weighted by Gasteiger charge is 2.59. The zero-order chi connectivity index (χ0) is 11.9. The number of nitrogens with zero attached hydrogens (tertiary/aromatic N) is 1. The van der Waals surface area contributed by atoms with E-state index in [0.29, 0.717) is 23.3 Å². The summed E-state index contributed by atoms with van der Waals surface area (Å²) in [6, 6.07) is 0.519. The van der Waals surface area contributed by atoms with Gasteiger partial charge in [0.25, 0.3) is 0 Å². The molecule has 18 heavy (non-hydrogen) atoms. The van der Waals surface area contributed by atoms with E-state index in [4.69, 9.17) is 0 Å². The summed E-state index contributed by atoms with van der Waals surface area (Å²) in [7, 11) is 2.01. The summed E-state index contributed by atoms with van der Waals surface area (Å²) in [4.78, 5) is 14.6. The Kier molecular flexibility index (Phi) is 4.22. The Morgan fingerprint density at radius 1 is 1.28 bits per heavy atom. The standard InChI is InChI=1S/C14H24N2O.ClH/c1-15-11-5-4-8-16(10-11)13(17)12-9-14(12)6-2-3-7-14;/h11-12,15H,2-10H2,1H3;1H. The van der Waals surface area contributed by atoms with E-state index in [0.717, 1.165) is 19.5 Å². The van der Waals surface area contributed by atoms with Crippen LogP contribution in [-0.2, 0) is 4.79 Å². The lowest BCUT2D eigenvalue weighted by Gasteiger charge is -2.33. The Labute approximate surface area is 116 Å². The predicted octanol–water partition coefficient (Wildman–Crippen LogP) is 2.20. The number of likely N-dealkylation sites (tertiary alicyclic amines) is 1. The van der Waals surface area contributed by atoms with Crippen LogP contribution in [0.15, 0.2) is 0 Å². The fraction of sp³-hybridized carbons (Fsp3) is 0.929. The Morgan fingerprint density at radius 2 is 2.00 bits per heavy atom. The van der Waals surface area contributed by atoms with Crippen LogP contribution >= 0.6 is 12.4 Å². The smallest absolute Gasteiger partial charge is 0.226 e. The number of halogens is 1. The number of hydrogen-bond acceptors (Lipinski definition) is 2. The molecule has 1 N–H and O–H groups in total. The van der Waals surface area contributed by atoms with E-state index in [1.54, 1.807) is 0 Å². The predicted molar refractivity (Wildman–Crippen MR) is 74.9 cm³/mol. The lowest BCUT2D eigenvalue weighted by atomic mass is 10.00. The third-order valence-corrected chi connectivity index (χ3v) is 5.23. The number of piperidine rings is 1. The first-order chi connectivity index (χ1) is 8.25. The molecular weight excluding hydrogens is 248 g/mol. The van der Waals surface area contributed by atoms with Crippen molar-refractivity contribution in [1.82, 2.24) is 10.2 Å². The van der Waals surface area contributed by atoms with Crippen molar-refractivity contribution < 1.29 is 4.79 Å². The van der Waals surface area contributed by atoms with E-state index >= 15 is 0 Å². The normalized spacial score (nSPS) is 33.3. The summed E-state index contributed by atoms with van der Waals surface area (Å²) in [6.45, 7) is 1.92. The van der Waals surface area contributed by atoms with E-state index in [-0.39, 0.29) is 12.4 Å². The summed E-state index contributed by atoms with van der Waals surface area (Å²) in [5.74, 6) is 0.854. The molecule has 2 aliphatic carbocycles. The van der Waals surface area contributed by atoms with E-state index in [1.165, 1.54) is 38.5 Å². The van der Waals surface area contributed by atoms with Gasteiger partial charge >= 0.3 is 0 Å². The van der Waals surface area contributed by atoms with Crippen LogP contribution in [0.2, 0.25) is 0 Å². The largest absolute Gasteiger partial charge is 0.341 e. The molecule has 1 heterocycles. The van der Waals surface area contributed by atoms with Gasteiger partial charge in [0.05, 0.1) is 0 Å². The highest BCUT2D eigenvalue weighted by Crippen LogP contribution is 2.63. The minimum absolute atomic E-state index is 0. The van der Waals surface area contributed by atoms with Gasteiger partial charge in [-0.05, 0) is 44.6 Å². The fourth-order valence-corrected chi connectivity index (χ4v) is 3.96. The lowest BCUT2D eigenvalue weighted by Crippen LogP contribution is -2.47. The van der Waals surface area contributed by atoms with E-state index in [2.05, 4.69) is 10.2 Å². The Hall–Kier alpha value is -0.280. The summed E-state index contributed by atoms with van der Waals surface area (Å²) < 4.78 is 0. The molecule has 4 heteroatoms. The fourth-order valence-electron chi connectivity index (χ4n) is 3.96. The Morgan fingerprint density at radius 3 is 2.67 bits per heavy atom. The van der Waals surface area contributed by atoms with Crippen molar-refractivity contribution in [2.24, 2.45) is 11.3 Å². The molecule has 1 saturated heterocycles. The van der Waals surface area contributed by atoms with Crippen LogP contribution in [-0.4, -0.2) is 37.0 Å². The quantitative estimate of drug-likeness (QED) is 0.836. The third-order valence-electron chi connectivity index (χ3n) is 5.23. The molecule has 1 aliphatic heterocycles. The molecule has 3 nitrogen and oxygen atoms in total. The minimum Gasteiger partial charge on any atom is -0.341 e. The van der Waals surface area contributed by atoms with Crippen LogP contribution < -0.4 is 5.32 Å². The molecule has 0 bridgehead atoms. The number of hydrogen-bond donors (Lipinski definition) is 1. The van der Waals surface area contributed by atoms with Gasteiger partial charge in [0.1, 0.15) is 0 Å². The molecule has 104 valence electrons. The zero-order valence-corrected chi connectivity index (χ0v) is 12.1. The molecular formula is C14H25ClN2O. The van der Waals surface area contributed by atoms with Crippen LogP contribution in [0.3, 0.4) is 0 Å². The van der Waals surface area contributed by atoms with E-state index < -0.39 is 0 Å². The molecule has 0 radical (unpaired) electrons. The van der Waals surface area contributed by atoms with Crippen LogP contribution in [0.1, 0.15) is 44.9 Å². The molecule has 1 amide bonds. The molecule has 3 fully saturated rings. The zero-order valence-electron chi connectivity index (χ0n) is 11.3. The number of carbonyl (C=O) groups excluding carboxylic acids is 1. The molecule has 0 aromatic carbocycles. The Balaban J connectivity index is 0.00000120. The van der Waals surface area contributed by atoms with Crippen molar-refractivity contribution in [3.05, 3.63) is 0 Å². The molecule has 0 aromatic heterocycles. The SMILES string of the molecule is CNC1CCCN(C(=O)C2CC23CCCC3)C1.Cl. The van der Waals surface area contributed by atoms with Gasteiger partial charge in [-0.1, -0.05) is 12.8 Å².